The Morgan fingerprint density at radius 2 is 0.614 bits per heavy atom. The molecule has 0 aromatic heterocycles. The van der Waals surface area contributed by atoms with Crippen molar-refractivity contribution < 1.29 is 42.1 Å². The van der Waals surface area contributed by atoms with Crippen molar-refractivity contribution in [2.75, 3.05) is 47.5 Å². The zero-order valence-corrected chi connectivity index (χ0v) is 58.0. The SMILES string of the molecule is CC/C=C\C/C=C\C/C=C\C/C=C\C/C=C\C/C=C\CCCCCCCCCCCCCCCCCCC(=O)OC(COC(=O)CCCCCCCCCCCC/C=C\C/C=C\C/C=C\C/C=C\C/C=C\C/C=C\CC)COP(=O)([O-])OCC[N+](C)(C)C. The number of esters is 2. The van der Waals surface area contributed by atoms with E-state index in [1.807, 2.05) is 21.1 Å². The number of phosphoric acid groups is 1. The summed E-state index contributed by atoms with van der Waals surface area (Å²) in [6, 6.07) is 0. The second-order valence-corrected chi connectivity index (χ2v) is 25.9. The number of allylic oxidation sites excluding steroid dienone is 24. The Balaban J connectivity index is 4.07. The summed E-state index contributed by atoms with van der Waals surface area (Å²) in [5, 5.41) is 0. The average Bonchev–Trinajstić information content (AvgIpc) is 3.57. The zero-order chi connectivity index (χ0) is 64.1. The summed E-state index contributed by atoms with van der Waals surface area (Å²) in [6.07, 6.45) is 99.2. The number of phosphoric ester groups is 1. The summed E-state index contributed by atoms with van der Waals surface area (Å²) in [4.78, 5) is 38.1. The van der Waals surface area contributed by atoms with Crippen molar-refractivity contribution in [3.8, 4) is 0 Å². The summed E-state index contributed by atoms with van der Waals surface area (Å²) < 4.78 is 34.3. The van der Waals surface area contributed by atoms with E-state index in [2.05, 4.69) is 160 Å². The van der Waals surface area contributed by atoms with Crippen LogP contribution in [0.1, 0.15) is 284 Å². The molecule has 502 valence electrons. The van der Waals surface area contributed by atoms with Crippen LogP contribution < -0.4 is 4.89 Å². The van der Waals surface area contributed by atoms with E-state index in [0.717, 1.165) is 128 Å². The van der Waals surface area contributed by atoms with Gasteiger partial charge in [0.05, 0.1) is 27.7 Å². The number of hydrogen-bond donors (Lipinski definition) is 0. The van der Waals surface area contributed by atoms with Crippen LogP contribution in [0, 0.1) is 0 Å². The number of ether oxygens (including phenoxy) is 2. The highest BCUT2D eigenvalue weighted by molar-refractivity contribution is 7.45. The van der Waals surface area contributed by atoms with E-state index in [4.69, 9.17) is 18.5 Å². The van der Waals surface area contributed by atoms with Crippen LogP contribution in [0.2, 0.25) is 0 Å². The van der Waals surface area contributed by atoms with Crippen LogP contribution >= 0.6 is 7.82 Å². The molecule has 9 nitrogen and oxygen atoms in total. The zero-order valence-electron chi connectivity index (χ0n) is 57.1. The van der Waals surface area contributed by atoms with Crippen LogP contribution in [0.25, 0.3) is 0 Å². The summed E-state index contributed by atoms with van der Waals surface area (Å²) in [7, 11) is 1.15. The van der Waals surface area contributed by atoms with E-state index in [1.165, 1.54) is 122 Å². The average molecular weight is 1240 g/mol. The molecule has 88 heavy (non-hydrogen) atoms. The van der Waals surface area contributed by atoms with Crippen molar-refractivity contribution >= 4 is 19.8 Å². The van der Waals surface area contributed by atoms with Crippen molar-refractivity contribution in [3.05, 3.63) is 146 Å². The number of likely N-dealkylation sites (N-methyl/N-ethyl adjacent to an activating group) is 1. The Hall–Kier alpha value is -4.11. The van der Waals surface area contributed by atoms with Crippen molar-refractivity contribution in [2.24, 2.45) is 0 Å². The minimum atomic E-state index is -4.65. The molecule has 0 radical (unpaired) electrons. The van der Waals surface area contributed by atoms with Gasteiger partial charge in [-0.3, -0.25) is 14.2 Å². The largest absolute Gasteiger partial charge is 0.756 e. The van der Waals surface area contributed by atoms with Gasteiger partial charge in [-0.1, -0.05) is 301 Å². The molecule has 2 unspecified atom stereocenters. The fraction of sp³-hybridized carbons (Fsp3) is 0.667. The molecule has 0 heterocycles. The lowest BCUT2D eigenvalue weighted by atomic mass is 10.0. The van der Waals surface area contributed by atoms with Crippen molar-refractivity contribution in [1.82, 2.24) is 0 Å². The number of hydrogen-bond acceptors (Lipinski definition) is 8. The quantitative estimate of drug-likeness (QED) is 0.0195. The number of rotatable bonds is 64. The molecule has 0 saturated heterocycles. The lowest BCUT2D eigenvalue weighted by Crippen LogP contribution is -2.37. The maximum atomic E-state index is 12.9. The summed E-state index contributed by atoms with van der Waals surface area (Å²) >= 11 is 0. The summed E-state index contributed by atoms with van der Waals surface area (Å²) in [5.74, 6) is -0.839. The first-order chi connectivity index (χ1) is 43.0. The number of carbonyl (C=O) groups excluding carboxylic acids is 2. The molecule has 0 bridgehead atoms. The van der Waals surface area contributed by atoms with Crippen LogP contribution in [-0.2, 0) is 32.7 Å². The second-order valence-electron chi connectivity index (χ2n) is 24.5. The van der Waals surface area contributed by atoms with Gasteiger partial charge in [-0.15, -0.1) is 0 Å². The Kier molecular flexibility index (Phi) is 64.1. The molecule has 0 saturated carbocycles. The monoisotopic (exact) mass is 1240 g/mol. The van der Waals surface area contributed by atoms with E-state index in [9.17, 15) is 19.0 Å². The highest BCUT2D eigenvalue weighted by Gasteiger charge is 2.22. The lowest BCUT2D eigenvalue weighted by molar-refractivity contribution is -0.870. The predicted octanol–water partition coefficient (Wildman–Crippen LogP) is 22.7. The Labute approximate surface area is 542 Å². The molecule has 0 rings (SSSR count). The van der Waals surface area contributed by atoms with Crippen LogP contribution in [0.15, 0.2) is 146 Å². The molecular weight excluding hydrogens is 1110 g/mol. The fourth-order valence-corrected chi connectivity index (χ4v) is 10.2. The van der Waals surface area contributed by atoms with Gasteiger partial charge in [0.1, 0.15) is 19.8 Å². The van der Waals surface area contributed by atoms with Gasteiger partial charge in [0.2, 0.25) is 0 Å². The number of unbranched alkanes of at least 4 members (excludes halogenated alkanes) is 26. The highest BCUT2D eigenvalue weighted by atomic mass is 31.2. The van der Waals surface area contributed by atoms with Gasteiger partial charge in [-0.05, 0) is 116 Å². The van der Waals surface area contributed by atoms with E-state index in [1.54, 1.807) is 0 Å². The van der Waals surface area contributed by atoms with Gasteiger partial charge in [0, 0.05) is 12.8 Å². The normalized spacial score (nSPS) is 14.0. The summed E-state index contributed by atoms with van der Waals surface area (Å²) in [6.45, 7) is 4.02. The van der Waals surface area contributed by atoms with E-state index in [0.29, 0.717) is 17.4 Å². The highest BCUT2D eigenvalue weighted by Crippen LogP contribution is 2.38. The summed E-state index contributed by atoms with van der Waals surface area (Å²) in [5.41, 5.74) is 0. The van der Waals surface area contributed by atoms with E-state index < -0.39 is 26.5 Å². The molecule has 0 amide bonds. The lowest BCUT2D eigenvalue weighted by Gasteiger charge is -2.28. The smallest absolute Gasteiger partial charge is 0.306 e. The third-order valence-corrected chi connectivity index (χ3v) is 15.8. The molecule has 0 aromatic rings. The third-order valence-electron chi connectivity index (χ3n) is 14.9. The second kappa shape index (κ2) is 67.3. The fourth-order valence-electron chi connectivity index (χ4n) is 9.49. The molecule has 0 aromatic carbocycles. The first-order valence-corrected chi connectivity index (χ1v) is 37.0. The van der Waals surface area contributed by atoms with Crippen LogP contribution in [0.5, 0.6) is 0 Å². The minimum absolute atomic E-state index is 0.0372. The van der Waals surface area contributed by atoms with Crippen molar-refractivity contribution in [1.29, 1.82) is 0 Å². The Morgan fingerprint density at radius 3 is 0.909 bits per heavy atom. The Morgan fingerprint density at radius 1 is 0.352 bits per heavy atom. The van der Waals surface area contributed by atoms with Gasteiger partial charge >= 0.3 is 11.9 Å². The van der Waals surface area contributed by atoms with Crippen LogP contribution in [0.3, 0.4) is 0 Å². The van der Waals surface area contributed by atoms with Gasteiger partial charge in [0.25, 0.3) is 7.82 Å². The van der Waals surface area contributed by atoms with Gasteiger partial charge in [-0.25, -0.2) is 0 Å². The maximum absolute atomic E-state index is 12.9. The van der Waals surface area contributed by atoms with Gasteiger partial charge in [0.15, 0.2) is 6.10 Å². The van der Waals surface area contributed by atoms with E-state index >= 15 is 0 Å². The number of nitrogens with zero attached hydrogens (tertiary/aromatic N) is 1. The Bertz CT molecular complexity index is 2000. The molecule has 2 atom stereocenters. The standard InChI is InChI=1S/C78H132NO8P/c1-6-8-10-12-14-16-18-20-22-24-26-28-30-32-34-36-37-38-39-40-41-43-45-47-49-51-53-55-57-59-61-63-65-67-69-71-78(81)87-76(75-86-88(82,83)85-73-72-79(3,4)5)74-84-77(80)70-68-66-64-62-60-58-56-54-52-50-48-46-44-42-35-33-31-29-27-25-23-21-19-17-15-13-11-9-7-2/h8-11,14-17,20-23,26-29,32-35,37-38,44,46,76H,6-7,12-13,18-19,24-25,30-31,36,39-43,45,47-75H2,1-5H3/b10-8-,11-9-,16-14-,17-15-,22-20-,23-21-,28-26-,29-27-,34-32-,35-33-,38-37-,46-44-. The molecular formula is C78H132NO8P. The predicted molar refractivity (Wildman–Crippen MR) is 378 cm³/mol. The molecule has 0 N–H and O–H groups in total. The van der Waals surface area contributed by atoms with Gasteiger partial charge in [-0.2, -0.15) is 0 Å². The molecule has 0 fully saturated rings. The molecule has 0 aliphatic heterocycles. The van der Waals surface area contributed by atoms with Crippen LogP contribution in [0.4, 0.5) is 0 Å². The van der Waals surface area contributed by atoms with E-state index in [-0.39, 0.29) is 32.0 Å². The molecule has 0 aliphatic carbocycles. The molecule has 0 spiro atoms. The topological polar surface area (TPSA) is 111 Å². The molecule has 10 heteroatoms. The van der Waals surface area contributed by atoms with Crippen LogP contribution in [-0.4, -0.2) is 70.0 Å². The third kappa shape index (κ3) is 71.0. The molecule has 0 aliphatic rings. The van der Waals surface area contributed by atoms with Crippen molar-refractivity contribution in [3.63, 3.8) is 0 Å². The van der Waals surface area contributed by atoms with Gasteiger partial charge < -0.3 is 27.9 Å². The van der Waals surface area contributed by atoms with Crippen molar-refractivity contribution in [2.45, 2.75) is 290 Å². The first kappa shape index (κ1) is 83.9. The minimum Gasteiger partial charge on any atom is -0.756 e. The number of carbonyl (C=O) groups is 2. The number of quaternary nitrogens is 1. The first-order valence-electron chi connectivity index (χ1n) is 35.5. The maximum Gasteiger partial charge on any atom is 0.306 e.